The Morgan fingerprint density at radius 2 is 1.00 bits per heavy atom. The average Bonchev–Trinajstić information content (AvgIpc) is 3.49. The van der Waals surface area contributed by atoms with Crippen LogP contribution in [-0.4, -0.2) is 8.07 Å². The summed E-state index contributed by atoms with van der Waals surface area (Å²) in [7, 11) is -2.29. The number of fused-ring (bicyclic) bond motifs is 3. The molecule has 0 saturated carbocycles. The zero-order valence-electron chi connectivity index (χ0n) is 20.3. The molecule has 0 spiro atoms. The van der Waals surface area contributed by atoms with Gasteiger partial charge in [-0.1, -0.05) is 86.3 Å². The lowest BCUT2D eigenvalue weighted by Gasteiger charge is -2.30. The number of hydrogen-bond donors (Lipinski definition) is 0. The molecule has 33 heavy (non-hydrogen) atoms. The zero-order valence-corrected chi connectivity index (χ0v) is 23.0. The van der Waals surface area contributed by atoms with Crippen LogP contribution in [0.5, 0.6) is 0 Å². The summed E-state index contributed by atoms with van der Waals surface area (Å²) >= 11 is 4.17. The highest BCUT2D eigenvalue weighted by atomic mass is 32.1. The molecule has 0 aliphatic carbocycles. The van der Waals surface area contributed by atoms with Gasteiger partial charge in [0.1, 0.15) is 0 Å². The van der Waals surface area contributed by atoms with Crippen LogP contribution >= 0.6 is 22.7 Å². The van der Waals surface area contributed by atoms with Crippen LogP contribution in [0.2, 0.25) is 0 Å². The number of thiophene rings is 2. The first kappa shape index (κ1) is 22.8. The van der Waals surface area contributed by atoms with Crippen molar-refractivity contribution < 1.29 is 0 Å². The summed E-state index contributed by atoms with van der Waals surface area (Å²) < 4.78 is 0. The van der Waals surface area contributed by atoms with Gasteiger partial charge < -0.3 is 0 Å². The fourth-order valence-corrected chi connectivity index (χ4v) is 14.2. The summed E-state index contributed by atoms with van der Waals surface area (Å²) in [5.41, 5.74) is 2.68. The van der Waals surface area contributed by atoms with E-state index in [-0.39, 0.29) is 0 Å². The minimum absolute atomic E-state index is 1.21. The van der Waals surface area contributed by atoms with E-state index < -0.39 is 8.07 Å². The molecular weight excluding hydrogens is 453 g/mol. The normalized spacial score (nSPS) is 13.8. The first-order valence-corrected chi connectivity index (χ1v) is 16.1. The van der Waals surface area contributed by atoms with Gasteiger partial charge in [0.15, 0.2) is 8.07 Å². The van der Waals surface area contributed by atoms with Crippen molar-refractivity contribution in [2.75, 3.05) is 0 Å². The van der Waals surface area contributed by atoms with Gasteiger partial charge in [0.2, 0.25) is 0 Å². The SMILES string of the molecule is CCCCc1cc2c(s1)-c1sc(CCCC)cc1[Si]2(c1ccc(C)cc1)c1ccc(C)cc1. The molecule has 170 valence electrons. The summed E-state index contributed by atoms with van der Waals surface area (Å²) in [6.07, 6.45) is 7.50. The Bertz CT molecular complexity index is 1140. The molecule has 4 aromatic rings. The zero-order chi connectivity index (χ0) is 23.0. The highest BCUT2D eigenvalue weighted by Gasteiger charge is 2.51. The van der Waals surface area contributed by atoms with Crippen LogP contribution in [0, 0.1) is 13.8 Å². The molecule has 0 bridgehead atoms. The van der Waals surface area contributed by atoms with Crippen molar-refractivity contribution in [3.05, 3.63) is 81.5 Å². The second kappa shape index (κ2) is 9.36. The van der Waals surface area contributed by atoms with E-state index in [0.29, 0.717) is 0 Å². The number of hydrogen-bond acceptors (Lipinski definition) is 2. The molecule has 5 rings (SSSR count). The van der Waals surface area contributed by atoms with E-state index in [1.165, 1.54) is 60.0 Å². The van der Waals surface area contributed by atoms with E-state index in [9.17, 15) is 0 Å². The van der Waals surface area contributed by atoms with Crippen LogP contribution in [0.25, 0.3) is 9.75 Å². The van der Waals surface area contributed by atoms with Crippen molar-refractivity contribution in [2.45, 2.75) is 66.2 Å². The van der Waals surface area contributed by atoms with Gasteiger partial charge in [-0.25, -0.2) is 0 Å². The molecule has 2 aromatic carbocycles. The molecule has 1 aliphatic rings. The summed E-state index contributed by atoms with van der Waals surface area (Å²) in [6, 6.07) is 24.3. The molecule has 3 heteroatoms. The van der Waals surface area contributed by atoms with E-state index in [2.05, 4.69) is 111 Å². The van der Waals surface area contributed by atoms with Gasteiger partial charge in [-0.3, -0.25) is 0 Å². The third kappa shape index (κ3) is 3.88. The molecule has 0 atom stereocenters. The second-order valence-electron chi connectivity index (χ2n) is 9.60. The van der Waals surface area contributed by atoms with Gasteiger partial charge in [-0.05, 0) is 72.4 Å². The Kier molecular flexibility index (Phi) is 6.48. The maximum absolute atomic E-state index is 2.61. The minimum atomic E-state index is -2.29. The maximum Gasteiger partial charge on any atom is 0.182 e. The van der Waals surface area contributed by atoms with Gasteiger partial charge in [0.05, 0.1) is 0 Å². The Labute approximate surface area is 208 Å². The number of unbranched alkanes of at least 4 members (excludes halogenated alkanes) is 2. The predicted molar refractivity (Wildman–Crippen MR) is 152 cm³/mol. The van der Waals surface area contributed by atoms with Gasteiger partial charge in [-0.15, -0.1) is 22.7 Å². The van der Waals surface area contributed by atoms with Crippen molar-refractivity contribution in [1.29, 1.82) is 0 Å². The summed E-state index contributed by atoms with van der Waals surface area (Å²) in [4.78, 5) is 6.31. The highest BCUT2D eigenvalue weighted by molar-refractivity contribution is 7.34. The van der Waals surface area contributed by atoms with E-state index in [4.69, 9.17) is 0 Å². The van der Waals surface area contributed by atoms with Crippen molar-refractivity contribution in [3.63, 3.8) is 0 Å². The first-order valence-electron chi connectivity index (χ1n) is 12.5. The fraction of sp³-hybridized carbons (Fsp3) is 0.333. The standard InChI is InChI=1S/C30H34S2Si/c1-5-7-9-23-19-27-29(31-23)30-28(20-24(32-30)10-8-6-2)33(27,25-15-11-21(3)12-16-25)26-17-13-22(4)14-18-26/h11-20H,5-10H2,1-4H3. The average molecular weight is 487 g/mol. The lowest BCUT2D eigenvalue weighted by Crippen LogP contribution is -2.72. The minimum Gasteiger partial charge on any atom is -0.140 e. The van der Waals surface area contributed by atoms with Crippen molar-refractivity contribution in [1.82, 2.24) is 0 Å². The van der Waals surface area contributed by atoms with E-state index in [0.717, 1.165) is 0 Å². The number of rotatable bonds is 8. The van der Waals surface area contributed by atoms with Gasteiger partial charge >= 0.3 is 0 Å². The van der Waals surface area contributed by atoms with Crippen molar-refractivity contribution in [2.24, 2.45) is 0 Å². The summed E-state index contributed by atoms with van der Waals surface area (Å²) in [5, 5.41) is 6.37. The Hall–Kier alpha value is -1.94. The quantitative estimate of drug-likeness (QED) is 0.221. The predicted octanol–water partition coefficient (Wildman–Crippen LogP) is 6.47. The second-order valence-corrected chi connectivity index (χ2v) is 15.6. The molecule has 0 fully saturated rings. The third-order valence-corrected chi connectivity index (χ3v) is 14.8. The Morgan fingerprint density at radius 1 is 0.606 bits per heavy atom. The van der Waals surface area contributed by atoms with Crippen LogP contribution in [0.3, 0.4) is 0 Å². The molecule has 0 saturated heterocycles. The van der Waals surface area contributed by atoms with Crippen LogP contribution in [-0.2, 0) is 12.8 Å². The van der Waals surface area contributed by atoms with E-state index in [1.807, 2.05) is 0 Å². The monoisotopic (exact) mass is 486 g/mol. The first-order chi connectivity index (χ1) is 16.1. The van der Waals surface area contributed by atoms with Crippen molar-refractivity contribution in [3.8, 4) is 9.75 Å². The molecule has 2 aromatic heterocycles. The molecule has 0 amide bonds. The van der Waals surface area contributed by atoms with Crippen molar-refractivity contribution >= 4 is 51.5 Å². The maximum atomic E-state index is 2.61. The smallest absolute Gasteiger partial charge is 0.140 e. The van der Waals surface area contributed by atoms with Crippen LogP contribution in [0.1, 0.15) is 60.4 Å². The highest BCUT2D eigenvalue weighted by Crippen LogP contribution is 2.40. The fourth-order valence-electron chi connectivity index (χ4n) is 5.27. The molecule has 0 radical (unpaired) electrons. The topological polar surface area (TPSA) is 0 Å². The van der Waals surface area contributed by atoms with E-state index >= 15 is 0 Å². The Morgan fingerprint density at radius 3 is 1.36 bits per heavy atom. The Balaban J connectivity index is 1.80. The lowest BCUT2D eigenvalue weighted by atomic mass is 10.2. The van der Waals surface area contributed by atoms with Gasteiger partial charge in [-0.2, -0.15) is 0 Å². The number of aryl methyl sites for hydroxylation is 4. The van der Waals surface area contributed by atoms with Gasteiger partial charge in [0, 0.05) is 19.5 Å². The molecule has 0 nitrogen and oxygen atoms in total. The summed E-state index contributed by atoms with van der Waals surface area (Å²) in [5.74, 6) is 0. The van der Waals surface area contributed by atoms with Crippen LogP contribution < -0.4 is 20.7 Å². The largest absolute Gasteiger partial charge is 0.182 e. The van der Waals surface area contributed by atoms with E-state index in [1.54, 1.807) is 29.9 Å². The molecule has 3 heterocycles. The van der Waals surface area contributed by atoms with Crippen LogP contribution in [0.15, 0.2) is 60.7 Å². The van der Waals surface area contributed by atoms with Gasteiger partial charge in [0.25, 0.3) is 0 Å². The molecule has 0 unspecified atom stereocenters. The molecule has 0 N–H and O–H groups in total. The third-order valence-electron chi connectivity index (χ3n) is 7.10. The molecule has 1 aliphatic heterocycles. The number of benzene rings is 2. The lowest BCUT2D eigenvalue weighted by molar-refractivity contribution is 0.804. The van der Waals surface area contributed by atoms with Crippen LogP contribution in [0.4, 0.5) is 0 Å². The summed E-state index contributed by atoms with van der Waals surface area (Å²) in [6.45, 7) is 9.01. The molecular formula is C30H34S2Si.